The zero-order chi connectivity index (χ0) is 19.6. The van der Waals surface area contributed by atoms with E-state index in [0.29, 0.717) is 21.1 Å². The van der Waals surface area contributed by atoms with Crippen molar-refractivity contribution >= 4 is 50.6 Å². The fourth-order valence-corrected chi connectivity index (χ4v) is 4.09. The number of non-ortho nitro benzene ring substituents is 1. The fourth-order valence-electron chi connectivity index (χ4n) is 2.53. The number of amides is 1. The predicted molar refractivity (Wildman–Crippen MR) is 107 cm³/mol. The summed E-state index contributed by atoms with van der Waals surface area (Å²) < 4.78 is 1.35. The molecule has 2 aromatic heterocycles. The molecule has 0 aliphatic heterocycles. The van der Waals surface area contributed by atoms with Gasteiger partial charge in [0.25, 0.3) is 11.2 Å². The smallest absolute Gasteiger partial charge is 0.269 e. The molecule has 0 unspecified atom stereocenters. The Bertz CT molecular complexity index is 1070. The molecule has 0 saturated heterocycles. The van der Waals surface area contributed by atoms with E-state index >= 15 is 0 Å². The van der Waals surface area contributed by atoms with Crippen LogP contribution in [-0.2, 0) is 17.8 Å². The molecular weight excluding hydrogens is 388 g/mol. The molecule has 27 heavy (non-hydrogen) atoms. The quantitative estimate of drug-likeness (QED) is 0.292. The van der Waals surface area contributed by atoms with Gasteiger partial charge in [0.2, 0.25) is 5.91 Å². The number of thioether (sulfide) groups is 1. The number of carbonyl (C=O) groups excluding carboxylic acids is 1. The predicted octanol–water partition coefficient (Wildman–Crippen LogP) is 3.29. The minimum atomic E-state index is -0.512. The molecule has 0 atom stereocenters. The van der Waals surface area contributed by atoms with Gasteiger partial charge in [-0.3, -0.25) is 24.3 Å². The van der Waals surface area contributed by atoms with Crippen molar-refractivity contribution < 1.29 is 9.72 Å². The average molecular weight is 404 g/mol. The van der Waals surface area contributed by atoms with E-state index in [4.69, 9.17) is 0 Å². The number of nitrogens with one attached hydrogen (secondary N) is 1. The van der Waals surface area contributed by atoms with Crippen LogP contribution in [0.3, 0.4) is 0 Å². The van der Waals surface area contributed by atoms with Gasteiger partial charge < -0.3 is 5.32 Å². The first-order valence-electron chi connectivity index (χ1n) is 8.04. The highest BCUT2D eigenvalue weighted by Gasteiger charge is 2.16. The Morgan fingerprint density at radius 2 is 2.07 bits per heavy atom. The summed E-state index contributed by atoms with van der Waals surface area (Å²) in [6.07, 6.45) is 2.61. The normalized spacial score (nSPS) is 10.9. The second kappa shape index (κ2) is 7.89. The molecule has 3 aromatic rings. The number of hydrogen-bond donors (Lipinski definition) is 1. The number of benzene rings is 1. The van der Waals surface area contributed by atoms with E-state index in [1.807, 2.05) is 13.0 Å². The Balaban J connectivity index is 1.86. The molecule has 1 amide bonds. The summed E-state index contributed by atoms with van der Waals surface area (Å²) in [5.74, 6) is -0.409. The van der Waals surface area contributed by atoms with Gasteiger partial charge in [-0.25, -0.2) is 4.98 Å². The van der Waals surface area contributed by atoms with Crippen molar-refractivity contribution in [3.05, 3.63) is 55.7 Å². The summed E-state index contributed by atoms with van der Waals surface area (Å²) in [5.41, 5.74) is 0.106. The van der Waals surface area contributed by atoms with Crippen LogP contribution < -0.4 is 10.9 Å². The number of aryl methyl sites for hydroxylation is 1. The zero-order valence-corrected chi connectivity index (χ0v) is 16.2. The van der Waals surface area contributed by atoms with E-state index in [2.05, 4.69) is 10.3 Å². The van der Waals surface area contributed by atoms with Gasteiger partial charge in [-0.05, 0) is 30.9 Å². The SMILES string of the molecule is CCc1cc2c(=O)n(CC(=O)Nc3ccc([N+](=O)[O-])cc3)c(SC)nc2s1. The third-order valence-corrected chi connectivity index (χ3v) is 5.71. The van der Waals surface area contributed by atoms with Crippen LogP contribution in [0.4, 0.5) is 11.4 Å². The molecule has 0 radical (unpaired) electrons. The topological polar surface area (TPSA) is 107 Å². The molecule has 0 saturated carbocycles. The summed E-state index contributed by atoms with van der Waals surface area (Å²) in [7, 11) is 0. The van der Waals surface area contributed by atoms with Crippen molar-refractivity contribution in [1.82, 2.24) is 9.55 Å². The third kappa shape index (κ3) is 4.01. The molecule has 0 bridgehead atoms. The third-order valence-electron chi connectivity index (χ3n) is 3.86. The average Bonchev–Trinajstić information content (AvgIpc) is 3.07. The number of fused-ring (bicyclic) bond motifs is 1. The number of thiophene rings is 1. The lowest BCUT2D eigenvalue weighted by atomic mass is 10.3. The molecule has 2 heterocycles. The van der Waals surface area contributed by atoms with Crippen LogP contribution in [0.5, 0.6) is 0 Å². The van der Waals surface area contributed by atoms with Crippen molar-refractivity contribution in [2.24, 2.45) is 0 Å². The van der Waals surface area contributed by atoms with Crippen LogP contribution in [0.25, 0.3) is 10.2 Å². The van der Waals surface area contributed by atoms with Crippen molar-refractivity contribution in [3.63, 3.8) is 0 Å². The summed E-state index contributed by atoms with van der Waals surface area (Å²) in [5, 5.41) is 14.3. The van der Waals surface area contributed by atoms with Crippen LogP contribution in [0, 0.1) is 10.1 Å². The Morgan fingerprint density at radius 3 is 2.67 bits per heavy atom. The second-order valence-corrected chi connectivity index (χ2v) is 7.52. The van der Waals surface area contributed by atoms with Gasteiger partial charge in [-0.2, -0.15) is 0 Å². The Kier molecular flexibility index (Phi) is 5.57. The van der Waals surface area contributed by atoms with Gasteiger partial charge in [-0.15, -0.1) is 11.3 Å². The molecule has 0 aliphatic rings. The second-order valence-electron chi connectivity index (χ2n) is 5.63. The maximum atomic E-state index is 12.8. The van der Waals surface area contributed by atoms with Crippen molar-refractivity contribution in [3.8, 4) is 0 Å². The van der Waals surface area contributed by atoms with Gasteiger partial charge in [0, 0.05) is 22.7 Å². The Hall–Kier alpha value is -2.72. The summed E-state index contributed by atoms with van der Waals surface area (Å²) >= 11 is 2.78. The molecule has 1 N–H and O–H groups in total. The first-order chi connectivity index (χ1) is 12.9. The van der Waals surface area contributed by atoms with Crippen LogP contribution in [-0.4, -0.2) is 26.6 Å². The highest BCUT2D eigenvalue weighted by Crippen LogP contribution is 2.24. The largest absolute Gasteiger partial charge is 0.325 e. The molecule has 3 rings (SSSR count). The molecular formula is C17H16N4O4S2. The van der Waals surface area contributed by atoms with E-state index in [-0.39, 0.29) is 17.8 Å². The van der Waals surface area contributed by atoms with Crippen LogP contribution >= 0.6 is 23.1 Å². The minimum Gasteiger partial charge on any atom is -0.325 e. The summed E-state index contributed by atoms with van der Waals surface area (Å²) in [6.45, 7) is 1.82. The Morgan fingerprint density at radius 1 is 1.37 bits per heavy atom. The maximum absolute atomic E-state index is 12.8. The van der Waals surface area contributed by atoms with E-state index in [1.54, 1.807) is 6.26 Å². The van der Waals surface area contributed by atoms with Gasteiger partial charge >= 0.3 is 0 Å². The first kappa shape index (κ1) is 19.1. The number of rotatable bonds is 6. The van der Waals surface area contributed by atoms with Crippen LogP contribution in [0.2, 0.25) is 0 Å². The fraction of sp³-hybridized carbons (Fsp3) is 0.235. The lowest BCUT2D eigenvalue weighted by molar-refractivity contribution is -0.384. The summed E-state index contributed by atoms with van der Waals surface area (Å²) in [6, 6.07) is 7.33. The lowest BCUT2D eigenvalue weighted by Gasteiger charge is -2.11. The number of carbonyl (C=O) groups is 1. The van der Waals surface area contributed by atoms with Crippen molar-refractivity contribution in [1.29, 1.82) is 0 Å². The van der Waals surface area contributed by atoms with E-state index in [0.717, 1.165) is 11.3 Å². The number of aromatic nitrogens is 2. The zero-order valence-electron chi connectivity index (χ0n) is 14.6. The van der Waals surface area contributed by atoms with Gasteiger partial charge in [-0.1, -0.05) is 18.7 Å². The van der Waals surface area contributed by atoms with E-state index in [9.17, 15) is 19.7 Å². The van der Waals surface area contributed by atoms with Gasteiger partial charge in [0.15, 0.2) is 5.16 Å². The molecule has 0 spiro atoms. The highest BCUT2D eigenvalue weighted by molar-refractivity contribution is 7.98. The molecule has 10 heteroatoms. The van der Waals surface area contributed by atoms with E-state index < -0.39 is 10.8 Å². The van der Waals surface area contributed by atoms with Crippen LogP contribution in [0.1, 0.15) is 11.8 Å². The number of nitrogens with zero attached hydrogens (tertiary/aromatic N) is 3. The lowest BCUT2D eigenvalue weighted by Crippen LogP contribution is -2.29. The first-order valence-corrected chi connectivity index (χ1v) is 10.1. The van der Waals surface area contributed by atoms with E-state index in [1.165, 1.54) is 51.9 Å². The molecule has 0 aliphatic carbocycles. The summed E-state index contributed by atoms with van der Waals surface area (Å²) in [4.78, 5) is 41.6. The highest BCUT2D eigenvalue weighted by atomic mass is 32.2. The monoisotopic (exact) mass is 404 g/mol. The minimum absolute atomic E-state index is 0.0623. The Labute approximate surface area is 162 Å². The van der Waals surface area contributed by atoms with Crippen molar-refractivity contribution in [2.45, 2.75) is 25.0 Å². The number of anilines is 1. The standard InChI is InChI=1S/C17H16N4O4S2/c1-3-12-8-13-15(27-12)19-17(26-2)20(16(13)23)9-14(22)18-10-4-6-11(7-5-10)21(24)25/h4-8H,3,9H2,1-2H3,(H,18,22). The van der Waals surface area contributed by atoms with Gasteiger partial charge in [0.05, 0.1) is 10.3 Å². The molecule has 0 fully saturated rings. The molecule has 8 nitrogen and oxygen atoms in total. The van der Waals surface area contributed by atoms with Gasteiger partial charge in [0.1, 0.15) is 11.4 Å². The number of nitro groups is 1. The maximum Gasteiger partial charge on any atom is 0.269 e. The number of hydrogen-bond acceptors (Lipinski definition) is 7. The molecule has 1 aromatic carbocycles. The van der Waals surface area contributed by atoms with Crippen molar-refractivity contribution in [2.75, 3.05) is 11.6 Å². The van der Waals surface area contributed by atoms with Crippen LogP contribution in [0.15, 0.2) is 40.3 Å². The number of nitro benzene ring substituents is 1. The molecule has 140 valence electrons.